The molecule has 29 heavy (non-hydrogen) atoms. The molecule has 0 radical (unpaired) electrons. The van der Waals surface area contributed by atoms with Crippen molar-refractivity contribution in [2.45, 2.75) is 20.3 Å². The van der Waals surface area contributed by atoms with E-state index in [-0.39, 0.29) is 6.61 Å². The number of esters is 1. The molecule has 0 atom stereocenters. The number of hydrogen-bond donors (Lipinski definition) is 0. The van der Waals surface area contributed by atoms with E-state index in [4.69, 9.17) is 16.0 Å². The lowest BCUT2D eigenvalue weighted by Gasteiger charge is -2.11. The maximum Gasteiger partial charge on any atom is 0.354 e. The second-order valence-electron chi connectivity index (χ2n) is 6.54. The lowest BCUT2D eigenvalue weighted by atomic mass is 9.98. The fourth-order valence-corrected chi connectivity index (χ4v) is 3.65. The Morgan fingerprint density at radius 3 is 2.31 bits per heavy atom. The quantitative estimate of drug-likeness (QED) is 0.404. The average Bonchev–Trinajstić information content (AvgIpc) is 3.05. The minimum atomic E-state index is -0.414. The SMILES string of the molecule is [C-]#[N+]c1c(-c2ccc(-c3ccccc3OC)cc2)c(C(=O)OCC)n(C)c1CC. The molecule has 5 nitrogen and oxygen atoms in total. The first-order valence-corrected chi connectivity index (χ1v) is 9.57. The van der Waals surface area contributed by atoms with Crippen molar-refractivity contribution in [1.29, 1.82) is 0 Å². The van der Waals surface area contributed by atoms with Crippen molar-refractivity contribution in [3.63, 3.8) is 0 Å². The van der Waals surface area contributed by atoms with Crippen molar-refractivity contribution in [3.8, 4) is 28.0 Å². The van der Waals surface area contributed by atoms with Gasteiger partial charge in [-0.25, -0.2) is 9.64 Å². The van der Waals surface area contributed by atoms with Gasteiger partial charge < -0.3 is 14.0 Å². The van der Waals surface area contributed by atoms with Crippen molar-refractivity contribution in [2.75, 3.05) is 13.7 Å². The van der Waals surface area contributed by atoms with E-state index in [1.807, 2.05) is 62.5 Å². The highest BCUT2D eigenvalue weighted by Gasteiger charge is 2.26. The molecule has 0 amide bonds. The first-order chi connectivity index (χ1) is 14.1. The largest absolute Gasteiger partial charge is 0.496 e. The Bertz CT molecular complexity index is 1070. The first-order valence-electron chi connectivity index (χ1n) is 9.57. The van der Waals surface area contributed by atoms with E-state index in [0.717, 1.165) is 28.1 Å². The monoisotopic (exact) mass is 388 g/mol. The van der Waals surface area contributed by atoms with Gasteiger partial charge in [-0.15, -0.1) is 0 Å². The zero-order valence-corrected chi connectivity index (χ0v) is 17.2. The molecule has 2 aromatic carbocycles. The number of nitrogens with zero attached hydrogens (tertiary/aromatic N) is 2. The Kier molecular flexibility index (Phi) is 6.04. The van der Waals surface area contributed by atoms with Gasteiger partial charge in [-0.1, -0.05) is 49.4 Å². The fraction of sp³-hybridized carbons (Fsp3) is 0.250. The smallest absolute Gasteiger partial charge is 0.354 e. The summed E-state index contributed by atoms with van der Waals surface area (Å²) in [5, 5.41) is 0. The summed E-state index contributed by atoms with van der Waals surface area (Å²) in [6.07, 6.45) is 0.653. The minimum Gasteiger partial charge on any atom is -0.496 e. The van der Waals surface area contributed by atoms with Gasteiger partial charge in [-0.05, 0) is 30.5 Å². The second-order valence-corrected chi connectivity index (χ2v) is 6.54. The molecule has 0 bridgehead atoms. The van der Waals surface area contributed by atoms with Gasteiger partial charge in [-0.2, -0.15) is 0 Å². The lowest BCUT2D eigenvalue weighted by Crippen LogP contribution is -2.12. The Hall–Kier alpha value is -3.52. The first kappa shape index (κ1) is 20.2. The number of hydrogen-bond acceptors (Lipinski definition) is 3. The number of methoxy groups -OCH3 is 1. The van der Waals surface area contributed by atoms with Crippen LogP contribution in [0.5, 0.6) is 5.75 Å². The van der Waals surface area contributed by atoms with Crippen LogP contribution in [0.25, 0.3) is 27.1 Å². The number of ether oxygens (including phenoxy) is 2. The fourth-order valence-electron chi connectivity index (χ4n) is 3.65. The molecule has 148 valence electrons. The number of carbonyl (C=O) groups is 1. The standard InChI is InChI=1S/C24H24N2O3/c1-6-19-22(25-3)21(23(26(19)4)24(27)29-7-2)17-14-12-16(13-15-17)18-10-8-9-11-20(18)28-5/h8-15H,6-7H2,1-2,4-5H3. The normalized spacial score (nSPS) is 10.4. The van der Waals surface area contributed by atoms with Crippen LogP contribution in [0.1, 0.15) is 30.0 Å². The average molecular weight is 388 g/mol. The van der Waals surface area contributed by atoms with Crippen LogP contribution < -0.4 is 4.74 Å². The predicted octanol–water partition coefficient (Wildman–Crippen LogP) is 5.66. The maximum absolute atomic E-state index is 12.7. The van der Waals surface area contributed by atoms with Crippen molar-refractivity contribution in [1.82, 2.24) is 4.57 Å². The van der Waals surface area contributed by atoms with Crippen LogP contribution in [0.3, 0.4) is 0 Å². The van der Waals surface area contributed by atoms with Gasteiger partial charge in [0, 0.05) is 23.9 Å². The number of benzene rings is 2. The van der Waals surface area contributed by atoms with Crippen LogP contribution >= 0.6 is 0 Å². The number of rotatable bonds is 6. The van der Waals surface area contributed by atoms with E-state index in [9.17, 15) is 4.79 Å². The lowest BCUT2D eigenvalue weighted by molar-refractivity contribution is 0.0516. The molecule has 0 aliphatic carbocycles. The molecule has 0 N–H and O–H groups in total. The van der Waals surface area contributed by atoms with E-state index >= 15 is 0 Å². The summed E-state index contributed by atoms with van der Waals surface area (Å²) in [4.78, 5) is 16.4. The highest BCUT2D eigenvalue weighted by molar-refractivity contribution is 6.01. The highest BCUT2D eigenvalue weighted by Crippen LogP contribution is 2.40. The summed E-state index contributed by atoms with van der Waals surface area (Å²) in [6.45, 7) is 11.7. The van der Waals surface area contributed by atoms with Crippen LogP contribution in [0.4, 0.5) is 5.69 Å². The van der Waals surface area contributed by atoms with Crippen LogP contribution in [0, 0.1) is 6.57 Å². The summed E-state index contributed by atoms with van der Waals surface area (Å²) >= 11 is 0. The zero-order valence-electron chi connectivity index (χ0n) is 17.2. The van der Waals surface area contributed by atoms with Gasteiger partial charge >= 0.3 is 5.97 Å². The minimum absolute atomic E-state index is 0.283. The summed E-state index contributed by atoms with van der Waals surface area (Å²) in [5.74, 6) is 0.380. The van der Waals surface area contributed by atoms with Gasteiger partial charge in [0.15, 0.2) is 0 Å². The molecule has 0 saturated carbocycles. The number of aromatic nitrogens is 1. The van der Waals surface area contributed by atoms with Crippen molar-refractivity contribution in [2.24, 2.45) is 7.05 Å². The van der Waals surface area contributed by atoms with Crippen LogP contribution in [0.2, 0.25) is 0 Å². The summed E-state index contributed by atoms with van der Waals surface area (Å²) < 4.78 is 12.5. The molecule has 0 unspecified atom stereocenters. The topological polar surface area (TPSA) is 44.8 Å². The van der Waals surface area contributed by atoms with Gasteiger partial charge in [0.05, 0.1) is 20.3 Å². The van der Waals surface area contributed by atoms with Crippen molar-refractivity contribution < 1.29 is 14.3 Å². The Labute approximate surface area is 171 Å². The van der Waals surface area contributed by atoms with Crippen molar-refractivity contribution >= 4 is 11.7 Å². The van der Waals surface area contributed by atoms with Gasteiger partial charge in [0.2, 0.25) is 5.69 Å². The third-order valence-electron chi connectivity index (χ3n) is 4.99. The molecule has 3 aromatic rings. The van der Waals surface area contributed by atoms with E-state index < -0.39 is 5.97 Å². The van der Waals surface area contributed by atoms with Crippen LogP contribution in [-0.4, -0.2) is 24.3 Å². The predicted molar refractivity (Wildman–Crippen MR) is 114 cm³/mol. The maximum atomic E-state index is 12.7. The highest BCUT2D eigenvalue weighted by atomic mass is 16.5. The Balaban J connectivity index is 2.16. The Morgan fingerprint density at radius 1 is 1.07 bits per heavy atom. The third kappa shape index (κ3) is 3.62. The number of carbonyl (C=O) groups excluding carboxylic acids is 1. The summed E-state index contributed by atoms with van der Waals surface area (Å²) in [6, 6.07) is 15.7. The van der Waals surface area contributed by atoms with Gasteiger partial charge in [0.1, 0.15) is 11.4 Å². The van der Waals surface area contributed by atoms with E-state index in [1.54, 1.807) is 18.6 Å². The molecule has 3 rings (SSSR count). The molecule has 0 spiro atoms. The Morgan fingerprint density at radius 2 is 1.72 bits per heavy atom. The molecule has 0 aliphatic rings. The van der Waals surface area contributed by atoms with Crippen LogP contribution in [0.15, 0.2) is 48.5 Å². The van der Waals surface area contributed by atoms with Gasteiger partial charge in [0.25, 0.3) is 0 Å². The summed E-state index contributed by atoms with van der Waals surface area (Å²) in [7, 11) is 3.46. The second kappa shape index (κ2) is 8.66. The molecule has 0 aliphatic heterocycles. The molecular weight excluding hydrogens is 364 g/mol. The van der Waals surface area contributed by atoms with Crippen LogP contribution in [-0.2, 0) is 18.2 Å². The van der Waals surface area contributed by atoms with E-state index in [2.05, 4.69) is 4.85 Å². The summed E-state index contributed by atoms with van der Waals surface area (Å²) in [5.41, 5.74) is 5.17. The van der Waals surface area contributed by atoms with E-state index in [0.29, 0.717) is 23.4 Å². The number of para-hydroxylation sites is 1. The van der Waals surface area contributed by atoms with Crippen molar-refractivity contribution in [3.05, 3.63) is 71.3 Å². The zero-order chi connectivity index (χ0) is 21.0. The third-order valence-corrected chi connectivity index (χ3v) is 4.99. The molecule has 0 saturated heterocycles. The molecule has 1 heterocycles. The molecular formula is C24H24N2O3. The van der Waals surface area contributed by atoms with E-state index in [1.165, 1.54) is 0 Å². The molecule has 0 fully saturated rings. The van der Waals surface area contributed by atoms with Gasteiger partial charge in [-0.3, -0.25) is 0 Å². The molecule has 1 aromatic heterocycles. The molecule has 5 heteroatoms.